The first kappa shape index (κ1) is 29.8. The van der Waals surface area contributed by atoms with Crippen molar-refractivity contribution in [2.45, 2.75) is 66.0 Å². The predicted molar refractivity (Wildman–Crippen MR) is 147 cm³/mol. The summed E-state index contributed by atoms with van der Waals surface area (Å²) in [4.78, 5) is 37.0. The van der Waals surface area contributed by atoms with Crippen LogP contribution in [0.4, 0.5) is 10.1 Å². The molecule has 210 valence electrons. The van der Waals surface area contributed by atoms with Gasteiger partial charge in [-0.15, -0.1) is 0 Å². The average molecular weight is 530 g/mol. The highest BCUT2D eigenvalue weighted by molar-refractivity contribution is 5.95. The second kappa shape index (κ2) is 14.4. The van der Waals surface area contributed by atoms with E-state index in [2.05, 4.69) is 37.6 Å². The Bertz CT molecular complexity index is 1050. The van der Waals surface area contributed by atoms with E-state index in [1.165, 1.54) is 19.2 Å². The fourth-order valence-electron chi connectivity index (χ4n) is 5.16. The van der Waals surface area contributed by atoms with Gasteiger partial charge in [0.2, 0.25) is 5.91 Å². The summed E-state index contributed by atoms with van der Waals surface area (Å²) in [7, 11) is 1.50. The van der Waals surface area contributed by atoms with Crippen LogP contribution in [0.1, 0.15) is 64.3 Å². The number of aryl methyl sites for hydroxylation is 1. The van der Waals surface area contributed by atoms with Gasteiger partial charge in [0, 0.05) is 70.3 Å². The molecule has 0 aliphatic carbocycles. The van der Waals surface area contributed by atoms with Crippen LogP contribution < -0.4 is 4.90 Å². The maximum absolute atomic E-state index is 14.4. The lowest BCUT2D eigenvalue weighted by Crippen LogP contribution is -2.40. The van der Waals surface area contributed by atoms with E-state index >= 15 is 0 Å². The van der Waals surface area contributed by atoms with Crippen LogP contribution in [-0.4, -0.2) is 77.6 Å². The minimum absolute atomic E-state index is 0.00542. The molecule has 3 rings (SSSR count). The van der Waals surface area contributed by atoms with Crippen molar-refractivity contribution in [3.8, 4) is 0 Å². The van der Waals surface area contributed by atoms with Crippen molar-refractivity contribution in [2.24, 2.45) is 5.92 Å². The molecule has 0 N–H and O–H groups in total. The molecule has 0 saturated carbocycles. The lowest BCUT2D eigenvalue weighted by atomic mass is 10.1. The molecule has 1 aromatic heterocycles. The normalized spacial score (nSPS) is 15.9. The van der Waals surface area contributed by atoms with Crippen molar-refractivity contribution >= 4 is 17.5 Å². The number of imidazole rings is 1. The number of halogens is 1. The van der Waals surface area contributed by atoms with Crippen LogP contribution in [0.15, 0.2) is 30.6 Å². The number of carbonyl (C=O) groups excluding carboxylic acids is 2. The average Bonchev–Trinajstić information content (AvgIpc) is 3.33. The van der Waals surface area contributed by atoms with Gasteiger partial charge in [0.25, 0.3) is 5.91 Å². The smallest absolute Gasteiger partial charge is 0.252 e. The number of benzene rings is 1. The van der Waals surface area contributed by atoms with E-state index in [4.69, 9.17) is 4.74 Å². The van der Waals surface area contributed by atoms with E-state index in [1.807, 2.05) is 15.7 Å². The molecule has 38 heavy (non-hydrogen) atoms. The number of hydrogen-bond donors (Lipinski definition) is 0. The highest BCUT2D eigenvalue weighted by atomic mass is 19.1. The quantitative estimate of drug-likeness (QED) is 0.510. The fourth-order valence-corrected chi connectivity index (χ4v) is 5.16. The number of nitrogens with zero attached hydrogens (tertiary/aromatic N) is 5. The summed E-state index contributed by atoms with van der Waals surface area (Å²) in [5.41, 5.74) is 1.27. The number of anilines is 1. The first-order valence-electron chi connectivity index (χ1n) is 13.8. The number of amides is 2. The molecule has 0 saturated heterocycles. The minimum atomic E-state index is -0.384. The van der Waals surface area contributed by atoms with E-state index in [0.717, 1.165) is 38.3 Å². The second-order valence-corrected chi connectivity index (χ2v) is 10.9. The monoisotopic (exact) mass is 529 g/mol. The largest absolute Gasteiger partial charge is 0.375 e. The summed E-state index contributed by atoms with van der Waals surface area (Å²) < 4.78 is 21.6. The molecule has 0 radical (unpaired) electrons. The lowest BCUT2D eigenvalue weighted by Gasteiger charge is -2.32. The Hall–Kier alpha value is -2.78. The van der Waals surface area contributed by atoms with Crippen LogP contribution in [-0.2, 0) is 27.4 Å². The van der Waals surface area contributed by atoms with Crippen LogP contribution in [0.25, 0.3) is 0 Å². The number of hydrogen-bond acceptors (Lipinski definition) is 5. The number of ether oxygens (including phenoxy) is 1. The summed E-state index contributed by atoms with van der Waals surface area (Å²) in [6.45, 7) is 13.0. The van der Waals surface area contributed by atoms with E-state index in [0.29, 0.717) is 43.2 Å². The number of carbonyl (C=O) groups is 2. The summed E-state index contributed by atoms with van der Waals surface area (Å²) >= 11 is 0. The molecule has 0 fully saturated rings. The third kappa shape index (κ3) is 8.36. The number of rotatable bonds is 8. The molecule has 0 unspecified atom stereocenters. The van der Waals surface area contributed by atoms with Crippen LogP contribution in [0.5, 0.6) is 0 Å². The lowest BCUT2D eigenvalue weighted by molar-refractivity contribution is -0.132. The highest BCUT2D eigenvalue weighted by Crippen LogP contribution is 2.25. The standard InChI is InChI=1S/C29H44FN5O3/c1-22(2)19-32-12-6-14-34(27(36)10-16-33-17-11-31-29(33)23(3)4)20-24-18-25(30)8-9-26(24)35(15-7-13-32)28(37)21-38-5/h8-9,11,17-18,22-23H,6-7,10,12-16,19-21H2,1-5H3. The molecule has 8 nitrogen and oxygen atoms in total. The van der Waals surface area contributed by atoms with Crippen molar-refractivity contribution < 1.29 is 18.7 Å². The molecule has 0 spiro atoms. The predicted octanol–water partition coefficient (Wildman–Crippen LogP) is 4.30. The number of aromatic nitrogens is 2. The Balaban J connectivity index is 1.89. The number of fused-ring (bicyclic) bond motifs is 1. The Kier molecular flexibility index (Phi) is 11.3. The van der Waals surface area contributed by atoms with E-state index in [-0.39, 0.29) is 36.7 Å². The first-order valence-corrected chi connectivity index (χ1v) is 13.8. The maximum Gasteiger partial charge on any atom is 0.252 e. The molecule has 0 bridgehead atoms. The zero-order chi connectivity index (χ0) is 27.7. The van der Waals surface area contributed by atoms with Gasteiger partial charge in [-0.25, -0.2) is 9.37 Å². The molecular formula is C29H44FN5O3. The van der Waals surface area contributed by atoms with Crippen molar-refractivity contribution in [2.75, 3.05) is 51.3 Å². The van der Waals surface area contributed by atoms with Gasteiger partial charge in [-0.3, -0.25) is 9.59 Å². The Morgan fingerprint density at radius 2 is 1.79 bits per heavy atom. The highest BCUT2D eigenvalue weighted by Gasteiger charge is 2.24. The van der Waals surface area contributed by atoms with Crippen molar-refractivity contribution in [1.82, 2.24) is 19.4 Å². The topological polar surface area (TPSA) is 70.9 Å². The third-order valence-electron chi connectivity index (χ3n) is 6.83. The van der Waals surface area contributed by atoms with Gasteiger partial charge in [-0.2, -0.15) is 0 Å². The number of methoxy groups -OCH3 is 1. The summed E-state index contributed by atoms with van der Waals surface area (Å²) in [5, 5.41) is 0. The summed E-state index contributed by atoms with van der Waals surface area (Å²) in [5.74, 6) is 1.18. The Morgan fingerprint density at radius 1 is 1.05 bits per heavy atom. The van der Waals surface area contributed by atoms with Crippen LogP contribution in [0.2, 0.25) is 0 Å². The summed E-state index contributed by atoms with van der Waals surface area (Å²) in [6, 6.07) is 4.48. The van der Waals surface area contributed by atoms with E-state index in [9.17, 15) is 14.0 Å². The van der Waals surface area contributed by atoms with Crippen LogP contribution >= 0.6 is 0 Å². The van der Waals surface area contributed by atoms with Crippen molar-refractivity contribution in [3.63, 3.8) is 0 Å². The second-order valence-electron chi connectivity index (χ2n) is 10.9. The third-order valence-corrected chi connectivity index (χ3v) is 6.83. The molecule has 9 heteroatoms. The molecular weight excluding hydrogens is 485 g/mol. The Morgan fingerprint density at radius 3 is 2.47 bits per heavy atom. The SMILES string of the molecule is COCC(=O)N1CCCN(CC(C)C)CCCN(C(=O)CCn2ccnc2C(C)C)Cc2cc(F)ccc21. The van der Waals surface area contributed by atoms with Crippen molar-refractivity contribution in [1.29, 1.82) is 0 Å². The molecule has 2 aromatic rings. The molecule has 0 atom stereocenters. The molecule has 1 aliphatic heterocycles. The maximum atomic E-state index is 14.4. The molecule has 2 amide bonds. The molecule has 1 aliphatic rings. The fraction of sp³-hybridized carbons (Fsp3) is 0.621. The van der Waals surface area contributed by atoms with Crippen LogP contribution in [0, 0.1) is 11.7 Å². The molecule has 1 aromatic carbocycles. The van der Waals surface area contributed by atoms with Gasteiger partial charge in [0.15, 0.2) is 0 Å². The molecule has 2 heterocycles. The zero-order valence-electron chi connectivity index (χ0n) is 23.7. The minimum Gasteiger partial charge on any atom is -0.375 e. The van der Waals surface area contributed by atoms with E-state index in [1.54, 1.807) is 17.2 Å². The Labute approximate surface area is 226 Å². The van der Waals surface area contributed by atoms with Crippen LogP contribution in [0.3, 0.4) is 0 Å². The van der Waals surface area contributed by atoms with Gasteiger partial charge in [-0.05, 0) is 55.6 Å². The van der Waals surface area contributed by atoms with Gasteiger partial charge < -0.3 is 24.0 Å². The van der Waals surface area contributed by atoms with Gasteiger partial charge >= 0.3 is 0 Å². The first-order chi connectivity index (χ1) is 18.2. The van der Waals surface area contributed by atoms with E-state index < -0.39 is 0 Å². The summed E-state index contributed by atoms with van der Waals surface area (Å²) in [6.07, 6.45) is 5.63. The van der Waals surface area contributed by atoms with Gasteiger partial charge in [0.05, 0.1) is 0 Å². The van der Waals surface area contributed by atoms with Gasteiger partial charge in [0.1, 0.15) is 18.2 Å². The zero-order valence-corrected chi connectivity index (χ0v) is 23.7. The van der Waals surface area contributed by atoms with Crippen molar-refractivity contribution in [3.05, 3.63) is 47.8 Å². The van der Waals surface area contributed by atoms with Gasteiger partial charge in [-0.1, -0.05) is 27.7 Å².